The fraction of sp³-hybridized carbons (Fsp3) is 0.346. The third-order valence-electron chi connectivity index (χ3n) is 6.70. The van der Waals surface area contributed by atoms with Crippen LogP contribution in [0.4, 0.5) is 5.69 Å². The number of anilines is 1. The molecule has 0 aromatic heterocycles. The zero-order chi connectivity index (χ0) is 23.0. The number of nitrogens with zero attached hydrogens (tertiary/aromatic N) is 4. The number of rotatable bonds is 4. The summed E-state index contributed by atoms with van der Waals surface area (Å²) in [5, 5.41) is 9.10. The van der Waals surface area contributed by atoms with Gasteiger partial charge in [-0.3, -0.25) is 9.59 Å². The van der Waals surface area contributed by atoms with E-state index in [9.17, 15) is 9.59 Å². The summed E-state index contributed by atoms with van der Waals surface area (Å²) < 4.78 is 0. The number of hydrogen-bond acceptors (Lipinski definition) is 5. The van der Waals surface area contributed by atoms with Crippen LogP contribution in [0.3, 0.4) is 0 Å². The molecule has 6 heteroatoms. The Morgan fingerprint density at radius 1 is 0.969 bits per heavy atom. The predicted molar refractivity (Wildman–Crippen MR) is 125 cm³/mol. The average molecular weight is 429 g/mol. The molecule has 0 bridgehead atoms. The van der Waals surface area contributed by atoms with Crippen LogP contribution in [0.2, 0.25) is 0 Å². The number of aryl methyl sites for hydroxylation is 2. The van der Waals surface area contributed by atoms with Crippen molar-refractivity contribution in [2.45, 2.75) is 32.7 Å². The molecule has 1 fully saturated rings. The van der Waals surface area contributed by atoms with E-state index in [1.165, 1.54) is 4.90 Å². The molecule has 164 valence electrons. The molecule has 0 saturated carbocycles. The molecule has 0 radical (unpaired) electrons. The van der Waals surface area contributed by atoms with Gasteiger partial charge in [-0.1, -0.05) is 18.2 Å². The molecule has 2 aromatic rings. The summed E-state index contributed by atoms with van der Waals surface area (Å²) in [5.74, 6) is -0.632. The Kier molecular flexibility index (Phi) is 5.86. The second-order valence-corrected chi connectivity index (χ2v) is 8.77. The van der Waals surface area contributed by atoms with Crippen molar-refractivity contribution in [3.63, 3.8) is 0 Å². The molecule has 1 saturated heterocycles. The SMILES string of the molecule is Cc1ccc(C2=C(N(C)C3CCN(C)CC3)C(=O)N(c3ccc(C#N)cc3)C2=O)cc1C. The van der Waals surface area contributed by atoms with Crippen molar-refractivity contribution >= 4 is 23.1 Å². The topological polar surface area (TPSA) is 67.7 Å². The number of amides is 2. The van der Waals surface area contributed by atoms with Crippen molar-refractivity contribution in [2.24, 2.45) is 0 Å². The molecule has 2 aliphatic rings. The molecule has 6 nitrogen and oxygen atoms in total. The number of piperidine rings is 1. The summed E-state index contributed by atoms with van der Waals surface area (Å²) in [7, 11) is 4.03. The number of likely N-dealkylation sites (tertiary alicyclic amines) is 1. The lowest BCUT2D eigenvalue weighted by Gasteiger charge is -2.36. The Balaban J connectivity index is 1.80. The summed E-state index contributed by atoms with van der Waals surface area (Å²) in [6, 6.07) is 14.7. The van der Waals surface area contributed by atoms with Crippen LogP contribution in [0.1, 0.15) is 35.1 Å². The number of likely N-dealkylation sites (N-methyl/N-ethyl adjacent to an activating group) is 1. The minimum atomic E-state index is -0.322. The van der Waals surface area contributed by atoms with Gasteiger partial charge in [-0.15, -0.1) is 0 Å². The molecule has 0 N–H and O–H groups in total. The van der Waals surface area contributed by atoms with E-state index in [1.807, 2.05) is 44.0 Å². The van der Waals surface area contributed by atoms with E-state index >= 15 is 0 Å². The van der Waals surface area contributed by atoms with E-state index in [0.717, 1.165) is 42.6 Å². The summed E-state index contributed by atoms with van der Waals surface area (Å²) in [6.45, 7) is 5.97. The highest BCUT2D eigenvalue weighted by molar-refractivity contribution is 6.45. The summed E-state index contributed by atoms with van der Waals surface area (Å²) in [4.78, 5) is 32.9. The van der Waals surface area contributed by atoms with Crippen LogP contribution in [0.5, 0.6) is 0 Å². The molecular formula is C26H28N4O2. The van der Waals surface area contributed by atoms with E-state index in [2.05, 4.69) is 18.0 Å². The number of hydrogen-bond donors (Lipinski definition) is 0. The zero-order valence-electron chi connectivity index (χ0n) is 19.1. The van der Waals surface area contributed by atoms with Gasteiger partial charge in [0, 0.05) is 13.1 Å². The van der Waals surface area contributed by atoms with Crippen molar-refractivity contribution in [1.82, 2.24) is 9.80 Å². The van der Waals surface area contributed by atoms with Gasteiger partial charge >= 0.3 is 0 Å². The summed E-state index contributed by atoms with van der Waals surface area (Å²) >= 11 is 0. The van der Waals surface area contributed by atoms with E-state index < -0.39 is 0 Å². The molecule has 4 rings (SSSR count). The third-order valence-corrected chi connectivity index (χ3v) is 6.70. The molecule has 2 heterocycles. The number of benzene rings is 2. The van der Waals surface area contributed by atoms with E-state index in [4.69, 9.17) is 5.26 Å². The van der Waals surface area contributed by atoms with Crippen molar-refractivity contribution in [2.75, 3.05) is 32.1 Å². The van der Waals surface area contributed by atoms with Crippen LogP contribution in [0.25, 0.3) is 5.57 Å². The van der Waals surface area contributed by atoms with Crippen molar-refractivity contribution in [1.29, 1.82) is 5.26 Å². The van der Waals surface area contributed by atoms with Gasteiger partial charge in [0.05, 0.1) is 22.9 Å². The van der Waals surface area contributed by atoms with Gasteiger partial charge in [-0.25, -0.2) is 4.90 Å². The quantitative estimate of drug-likeness (QED) is 0.698. The first kappa shape index (κ1) is 21.8. The fourth-order valence-corrected chi connectivity index (χ4v) is 4.49. The third kappa shape index (κ3) is 3.80. The largest absolute Gasteiger partial charge is 0.366 e. The lowest BCUT2D eigenvalue weighted by Crippen LogP contribution is -2.43. The Labute approximate surface area is 189 Å². The molecule has 0 spiro atoms. The number of imide groups is 1. The Hall–Kier alpha value is -3.43. The zero-order valence-corrected chi connectivity index (χ0v) is 19.1. The maximum absolute atomic E-state index is 13.7. The predicted octanol–water partition coefficient (Wildman–Crippen LogP) is 3.49. The van der Waals surface area contributed by atoms with Crippen LogP contribution in [-0.2, 0) is 9.59 Å². The molecule has 32 heavy (non-hydrogen) atoms. The van der Waals surface area contributed by atoms with Crippen LogP contribution in [0.15, 0.2) is 48.2 Å². The van der Waals surface area contributed by atoms with Gasteiger partial charge in [0.25, 0.3) is 11.8 Å². The monoisotopic (exact) mass is 428 g/mol. The Bertz CT molecular complexity index is 1140. The second kappa shape index (κ2) is 8.60. The number of nitriles is 1. The molecule has 0 unspecified atom stereocenters. The Morgan fingerprint density at radius 3 is 2.22 bits per heavy atom. The first-order valence-electron chi connectivity index (χ1n) is 10.9. The lowest BCUT2D eigenvalue weighted by molar-refractivity contribution is -0.120. The fourth-order valence-electron chi connectivity index (χ4n) is 4.49. The van der Waals surface area contributed by atoms with Gasteiger partial charge in [-0.05, 0) is 87.8 Å². The van der Waals surface area contributed by atoms with Crippen molar-refractivity contribution in [3.05, 3.63) is 70.4 Å². The molecule has 2 amide bonds. The second-order valence-electron chi connectivity index (χ2n) is 8.77. The van der Waals surface area contributed by atoms with Gasteiger partial charge in [0.2, 0.25) is 0 Å². The number of carbonyl (C=O) groups is 2. The van der Waals surface area contributed by atoms with Crippen LogP contribution in [0, 0.1) is 25.2 Å². The minimum absolute atomic E-state index is 0.195. The van der Waals surface area contributed by atoms with Gasteiger partial charge in [-0.2, -0.15) is 5.26 Å². The molecule has 0 aliphatic carbocycles. The standard InChI is InChI=1S/C26H28N4O2/c1-17-5-8-20(15-18(17)2)23-24(29(4)21-11-13-28(3)14-12-21)26(32)30(25(23)31)22-9-6-19(16-27)7-10-22/h5-10,15,21H,11-14H2,1-4H3. The highest BCUT2D eigenvalue weighted by Crippen LogP contribution is 2.36. The molecule has 0 atom stereocenters. The maximum atomic E-state index is 13.7. The van der Waals surface area contributed by atoms with E-state index in [0.29, 0.717) is 22.5 Å². The van der Waals surface area contributed by atoms with Gasteiger partial charge < -0.3 is 9.80 Å². The maximum Gasteiger partial charge on any atom is 0.282 e. The van der Waals surface area contributed by atoms with Crippen molar-refractivity contribution < 1.29 is 9.59 Å². The molecule has 2 aromatic carbocycles. The summed E-state index contributed by atoms with van der Waals surface area (Å²) in [5.41, 5.74) is 4.85. The van der Waals surface area contributed by atoms with Crippen LogP contribution >= 0.6 is 0 Å². The average Bonchev–Trinajstić information content (AvgIpc) is 3.05. The van der Waals surface area contributed by atoms with Gasteiger partial charge in [0.1, 0.15) is 5.70 Å². The smallest absolute Gasteiger partial charge is 0.282 e. The summed E-state index contributed by atoms with van der Waals surface area (Å²) in [6.07, 6.45) is 1.88. The minimum Gasteiger partial charge on any atom is -0.366 e. The molecule has 2 aliphatic heterocycles. The van der Waals surface area contributed by atoms with Gasteiger partial charge in [0.15, 0.2) is 0 Å². The van der Waals surface area contributed by atoms with Crippen molar-refractivity contribution in [3.8, 4) is 6.07 Å². The highest BCUT2D eigenvalue weighted by atomic mass is 16.2. The lowest BCUT2D eigenvalue weighted by atomic mass is 9.97. The molecular weight excluding hydrogens is 400 g/mol. The van der Waals surface area contributed by atoms with E-state index in [-0.39, 0.29) is 17.9 Å². The highest BCUT2D eigenvalue weighted by Gasteiger charge is 2.43. The van der Waals surface area contributed by atoms with E-state index in [1.54, 1.807) is 24.3 Å². The Morgan fingerprint density at radius 2 is 1.62 bits per heavy atom. The van der Waals surface area contributed by atoms with Crippen LogP contribution < -0.4 is 4.90 Å². The number of carbonyl (C=O) groups excluding carboxylic acids is 2. The first-order chi connectivity index (χ1) is 15.3. The van der Waals surface area contributed by atoms with Crippen LogP contribution in [-0.4, -0.2) is 54.8 Å². The first-order valence-corrected chi connectivity index (χ1v) is 10.9. The normalized spacial score (nSPS) is 17.8.